The van der Waals surface area contributed by atoms with E-state index in [0.29, 0.717) is 0 Å². The number of hydrogen-bond donors (Lipinski definition) is 1. The number of nitrogens with one attached hydrogen (secondary N) is 1. The van der Waals surface area contributed by atoms with Crippen LogP contribution < -0.4 is 10.1 Å². The molecule has 2 unspecified atom stereocenters. The second-order valence-corrected chi connectivity index (χ2v) is 7.12. The minimum Gasteiger partial charge on any atom is -0.471 e. The summed E-state index contributed by atoms with van der Waals surface area (Å²) in [6, 6.07) is 32.0. The van der Waals surface area contributed by atoms with E-state index < -0.39 is 0 Å². The molecule has 2 atom stereocenters. The number of rotatable bonds is 2. The van der Waals surface area contributed by atoms with E-state index in [-0.39, 0.29) is 12.3 Å². The van der Waals surface area contributed by atoms with Crippen molar-refractivity contribution in [2.45, 2.75) is 19.2 Å². The first-order valence-corrected chi connectivity index (χ1v) is 9.35. The van der Waals surface area contributed by atoms with E-state index in [4.69, 9.17) is 4.74 Å². The van der Waals surface area contributed by atoms with Gasteiger partial charge in [0.2, 0.25) is 0 Å². The Hall–Kier alpha value is -3.10. The molecule has 2 nitrogen and oxygen atoms in total. The minimum atomic E-state index is -0.175. The quantitative estimate of drug-likeness (QED) is 0.484. The van der Waals surface area contributed by atoms with Crippen molar-refractivity contribution in [3.05, 3.63) is 113 Å². The molecular weight excluding hydrogens is 330 g/mol. The standard InChI is InChI=1S/C25H21NO/c1-17-11-13-19(14-12-17)24-23-21-10-6-5-7-18(21)15-16-22(23)27-25(26-24)20-8-3-2-4-9-20/h2-16,24-26H,1H3. The smallest absolute Gasteiger partial charge is 0.177 e. The van der Waals surface area contributed by atoms with Crippen LogP contribution in [0.4, 0.5) is 0 Å². The van der Waals surface area contributed by atoms with Crippen LogP contribution in [0.15, 0.2) is 91.0 Å². The fourth-order valence-electron chi connectivity index (χ4n) is 3.89. The van der Waals surface area contributed by atoms with Gasteiger partial charge in [-0.05, 0) is 29.3 Å². The molecule has 4 aromatic rings. The van der Waals surface area contributed by atoms with Crippen molar-refractivity contribution in [3.8, 4) is 5.75 Å². The van der Waals surface area contributed by atoms with Gasteiger partial charge in [-0.25, -0.2) is 0 Å². The number of fused-ring (bicyclic) bond motifs is 3. The summed E-state index contributed by atoms with van der Waals surface area (Å²) in [6.07, 6.45) is -0.175. The largest absolute Gasteiger partial charge is 0.471 e. The van der Waals surface area contributed by atoms with Crippen LogP contribution in [-0.2, 0) is 0 Å². The number of ether oxygens (including phenoxy) is 1. The Morgan fingerprint density at radius 3 is 2.26 bits per heavy atom. The van der Waals surface area contributed by atoms with Gasteiger partial charge in [0, 0.05) is 11.1 Å². The Balaban J connectivity index is 1.69. The van der Waals surface area contributed by atoms with Gasteiger partial charge < -0.3 is 4.74 Å². The lowest BCUT2D eigenvalue weighted by Gasteiger charge is -2.35. The monoisotopic (exact) mass is 351 g/mol. The van der Waals surface area contributed by atoms with E-state index in [1.165, 1.54) is 27.5 Å². The molecule has 0 fully saturated rings. The van der Waals surface area contributed by atoms with Crippen LogP contribution in [0.2, 0.25) is 0 Å². The highest BCUT2D eigenvalue weighted by atomic mass is 16.5. The van der Waals surface area contributed by atoms with Crippen LogP contribution in [-0.4, -0.2) is 0 Å². The highest BCUT2D eigenvalue weighted by Crippen LogP contribution is 2.42. The lowest BCUT2D eigenvalue weighted by Crippen LogP contribution is -2.35. The predicted molar refractivity (Wildman–Crippen MR) is 110 cm³/mol. The van der Waals surface area contributed by atoms with Gasteiger partial charge >= 0.3 is 0 Å². The summed E-state index contributed by atoms with van der Waals surface area (Å²) in [6.45, 7) is 2.12. The molecule has 0 saturated carbocycles. The first-order chi connectivity index (χ1) is 13.3. The fraction of sp³-hybridized carbons (Fsp3) is 0.120. The summed E-state index contributed by atoms with van der Waals surface area (Å²) >= 11 is 0. The van der Waals surface area contributed by atoms with E-state index in [1.807, 2.05) is 6.07 Å². The molecule has 0 radical (unpaired) electrons. The van der Waals surface area contributed by atoms with Crippen LogP contribution in [0.3, 0.4) is 0 Å². The van der Waals surface area contributed by atoms with Crippen LogP contribution in [0.1, 0.15) is 34.5 Å². The highest BCUT2D eigenvalue weighted by molar-refractivity contribution is 5.89. The van der Waals surface area contributed by atoms with E-state index in [2.05, 4.69) is 97.2 Å². The molecule has 5 rings (SSSR count). The summed E-state index contributed by atoms with van der Waals surface area (Å²) < 4.78 is 6.39. The van der Waals surface area contributed by atoms with Crippen LogP contribution in [0, 0.1) is 6.92 Å². The molecule has 2 heteroatoms. The van der Waals surface area contributed by atoms with Gasteiger partial charge in [-0.15, -0.1) is 0 Å². The van der Waals surface area contributed by atoms with Gasteiger partial charge in [-0.3, -0.25) is 5.32 Å². The summed E-state index contributed by atoms with van der Waals surface area (Å²) in [5.41, 5.74) is 4.86. The predicted octanol–water partition coefficient (Wildman–Crippen LogP) is 5.92. The molecule has 0 spiro atoms. The molecule has 0 aliphatic carbocycles. The lowest BCUT2D eigenvalue weighted by molar-refractivity contribution is 0.134. The van der Waals surface area contributed by atoms with Crippen molar-refractivity contribution in [3.63, 3.8) is 0 Å². The third kappa shape index (κ3) is 2.88. The Kier molecular flexibility index (Phi) is 3.92. The van der Waals surface area contributed by atoms with Crippen molar-refractivity contribution in [1.29, 1.82) is 0 Å². The van der Waals surface area contributed by atoms with Crippen LogP contribution >= 0.6 is 0 Å². The van der Waals surface area contributed by atoms with E-state index in [1.54, 1.807) is 0 Å². The fourth-order valence-corrected chi connectivity index (χ4v) is 3.89. The Labute approximate surface area is 159 Å². The molecule has 4 aromatic carbocycles. The maximum absolute atomic E-state index is 6.39. The molecule has 0 amide bonds. The summed E-state index contributed by atoms with van der Waals surface area (Å²) in [7, 11) is 0. The van der Waals surface area contributed by atoms with Crippen LogP contribution in [0.25, 0.3) is 10.8 Å². The number of hydrogen-bond acceptors (Lipinski definition) is 2. The normalized spacial score (nSPS) is 18.7. The second-order valence-electron chi connectivity index (χ2n) is 7.12. The van der Waals surface area contributed by atoms with E-state index in [9.17, 15) is 0 Å². The van der Waals surface area contributed by atoms with Gasteiger partial charge in [-0.1, -0.05) is 90.5 Å². The van der Waals surface area contributed by atoms with Crippen molar-refractivity contribution in [1.82, 2.24) is 5.32 Å². The average Bonchev–Trinajstić information content (AvgIpc) is 2.74. The summed E-state index contributed by atoms with van der Waals surface area (Å²) in [5.74, 6) is 0.951. The lowest BCUT2D eigenvalue weighted by atomic mass is 9.90. The third-order valence-electron chi connectivity index (χ3n) is 5.30. The number of aryl methyl sites for hydroxylation is 1. The Morgan fingerprint density at radius 2 is 1.44 bits per heavy atom. The molecule has 0 aromatic heterocycles. The molecule has 0 bridgehead atoms. The Morgan fingerprint density at radius 1 is 0.704 bits per heavy atom. The Bertz CT molecular complexity index is 1090. The topological polar surface area (TPSA) is 21.3 Å². The molecular formula is C25H21NO. The molecule has 132 valence electrons. The van der Waals surface area contributed by atoms with Gasteiger partial charge in [0.1, 0.15) is 5.75 Å². The summed E-state index contributed by atoms with van der Waals surface area (Å²) in [5, 5.41) is 6.20. The van der Waals surface area contributed by atoms with Gasteiger partial charge in [0.05, 0.1) is 6.04 Å². The van der Waals surface area contributed by atoms with Gasteiger partial charge in [0.15, 0.2) is 6.23 Å². The molecule has 27 heavy (non-hydrogen) atoms. The average molecular weight is 351 g/mol. The van der Waals surface area contributed by atoms with Crippen molar-refractivity contribution < 1.29 is 4.74 Å². The van der Waals surface area contributed by atoms with Crippen molar-refractivity contribution in [2.75, 3.05) is 0 Å². The molecule has 0 saturated heterocycles. The van der Waals surface area contributed by atoms with Crippen molar-refractivity contribution in [2.24, 2.45) is 0 Å². The maximum atomic E-state index is 6.39. The summed E-state index contributed by atoms with van der Waals surface area (Å²) in [4.78, 5) is 0. The SMILES string of the molecule is Cc1ccc(C2NC(c3ccccc3)Oc3ccc4ccccc4c32)cc1. The first kappa shape index (κ1) is 16.1. The maximum Gasteiger partial charge on any atom is 0.177 e. The molecule has 1 aliphatic heterocycles. The van der Waals surface area contributed by atoms with Crippen LogP contribution in [0.5, 0.6) is 5.75 Å². The van der Waals surface area contributed by atoms with E-state index >= 15 is 0 Å². The van der Waals surface area contributed by atoms with Gasteiger partial charge in [-0.2, -0.15) is 0 Å². The third-order valence-corrected chi connectivity index (χ3v) is 5.30. The minimum absolute atomic E-state index is 0.0747. The van der Waals surface area contributed by atoms with Crippen molar-refractivity contribution >= 4 is 10.8 Å². The zero-order valence-electron chi connectivity index (χ0n) is 15.2. The highest BCUT2D eigenvalue weighted by Gasteiger charge is 2.31. The zero-order chi connectivity index (χ0) is 18.2. The number of benzene rings is 4. The van der Waals surface area contributed by atoms with Gasteiger partial charge in [0.25, 0.3) is 0 Å². The van der Waals surface area contributed by atoms with E-state index in [0.717, 1.165) is 11.3 Å². The molecule has 1 aliphatic rings. The molecule has 1 heterocycles. The first-order valence-electron chi connectivity index (χ1n) is 9.35. The second kappa shape index (κ2) is 6.57. The molecule has 1 N–H and O–H groups in total. The zero-order valence-corrected chi connectivity index (χ0v) is 15.2.